The minimum absolute atomic E-state index is 0.128. The third kappa shape index (κ3) is 6.87. The molecule has 1 unspecified atom stereocenters. The van der Waals surface area contributed by atoms with Crippen molar-refractivity contribution in [3.8, 4) is 0 Å². The Kier molecular flexibility index (Phi) is 7.61. The van der Waals surface area contributed by atoms with Crippen molar-refractivity contribution in [1.29, 1.82) is 0 Å². The molecule has 1 atom stereocenters. The van der Waals surface area contributed by atoms with Crippen LogP contribution in [0.15, 0.2) is 24.3 Å². The molecule has 1 aromatic carbocycles. The predicted octanol–water partition coefficient (Wildman–Crippen LogP) is 2.95. The highest BCUT2D eigenvalue weighted by molar-refractivity contribution is 7.47. The molecule has 0 bridgehead atoms. The summed E-state index contributed by atoms with van der Waals surface area (Å²) in [6.07, 6.45) is 1.26. The van der Waals surface area contributed by atoms with Crippen LogP contribution < -0.4 is 0 Å². The average molecular weight is 316 g/mol. The van der Waals surface area contributed by atoms with E-state index in [4.69, 9.17) is 9.26 Å². The van der Waals surface area contributed by atoms with Gasteiger partial charge < -0.3 is 9.63 Å². The Morgan fingerprint density at radius 2 is 1.81 bits per heavy atom. The van der Waals surface area contributed by atoms with Crippen LogP contribution in [0.5, 0.6) is 0 Å². The number of phosphoric acid groups is 1. The lowest BCUT2D eigenvalue weighted by Gasteiger charge is -2.10. The summed E-state index contributed by atoms with van der Waals surface area (Å²) in [4.78, 5) is 20.7. The van der Waals surface area contributed by atoms with Crippen LogP contribution in [0.3, 0.4) is 0 Å². The van der Waals surface area contributed by atoms with E-state index in [0.29, 0.717) is 25.0 Å². The maximum Gasteiger partial charge on any atom is 0.472 e. The first kappa shape index (κ1) is 17.9. The van der Waals surface area contributed by atoms with Crippen LogP contribution in [0.25, 0.3) is 0 Å². The summed E-state index contributed by atoms with van der Waals surface area (Å²) in [7, 11) is -3.90. The zero-order valence-corrected chi connectivity index (χ0v) is 13.2. The summed E-state index contributed by atoms with van der Waals surface area (Å²) in [5.41, 5.74) is 1.52. The minimum atomic E-state index is -3.90. The molecule has 1 N–H and O–H groups in total. The number of phosphoric ester groups is 1. The monoisotopic (exact) mass is 316 g/mol. The van der Waals surface area contributed by atoms with E-state index >= 15 is 0 Å². The van der Waals surface area contributed by atoms with E-state index < -0.39 is 7.82 Å². The van der Waals surface area contributed by atoms with Gasteiger partial charge in [-0.05, 0) is 44.4 Å². The van der Waals surface area contributed by atoms with Crippen molar-refractivity contribution in [2.24, 2.45) is 0 Å². The molecule has 0 spiro atoms. The molecule has 7 heteroatoms. The topological polar surface area (TPSA) is 82.1 Å². The minimum Gasteiger partial charge on any atom is -0.462 e. The molecule has 0 aliphatic rings. The normalized spacial score (nSPS) is 13.7. The van der Waals surface area contributed by atoms with Crippen LogP contribution in [0, 0.1) is 0 Å². The largest absolute Gasteiger partial charge is 0.472 e. The molecule has 0 radical (unpaired) electrons. The zero-order valence-electron chi connectivity index (χ0n) is 12.3. The van der Waals surface area contributed by atoms with Gasteiger partial charge in [-0.2, -0.15) is 0 Å². The molecule has 0 saturated carbocycles. The van der Waals surface area contributed by atoms with E-state index in [1.165, 1.54) is 0 Å². The van der Waals surface area contributed by atoms with Crippen molar-refractivity contribution >= 4 is 13.8 Å². The van der Waals surface area contributed by atoms with Crippen molar-refractivity contribution in [3.63, 3.8) is 0 Å². The lowest BCUT2D eigenvalue weighted by Crippen LogP contribution is -2.04. The molecule has 0 heterocycles. The fourth-order valence-electron chi connectivity index (χ4n) is 1.68. The van der Waals surface area contributed by atoms with Gasteiger partial charge in [0, 0.05) is 0 Å². The zero-order chi connectivity index (χ0) is 15.7. The Morgan fingerprint density at radius 1 is 1.14 bits per heavy atom. The molecule has 0 saturated heterocycles. The van der Waals surface area contributed by atoms with Crippen molar-refractivity contribution in [2.45, 2.75) is 26.7 Å². The summed E-state index contributed by atoms with van der Waals surface area (Å²) in [6, 6.07) is 7.05. The maximum atomic E-state index is 11.5. The van der Waals surface area contributed by atoms with Gasteiger partial charge in [-0.15, -0.1) is 0 Å². The summed E-state index contributed by atoms with van der Waals surface area (Å²) in [6.45, 7) is 3.99. The number of ether oxygens (including phenoxy) is 1. The van der Waals surface area contributed by atoms with Gasteiger partial charge in [0.25, 0.3) is 0 Å². The number of esters is 1. The SMILES string of the molecule is CCOC(=O)c1ccc(CCCOP(=O)(O)OCC)cc1. The Hall–Kier alpha value is -1.20. The smallest absolute Gasteiger partial charge is 0.462 e. The van der Waals surface area contributed by atoms with Gasteiger partial charge in [0.15, 0.2) is 0 Å². The van der Waals surface area contributed by atoms with Gasteiger partial charge in [-0.3, -0.25) is 9.05 Å². The van der Waals surface area contributed by atoms with Gasteiger partial charge in [-0.1, -0.05) is 12.1 Å². The van der Waals surface area contributed by atoms with Gasteiger partial charge in [-0.25, -0.2) is 9.36 Å². The van der Waals surface area contributed by atoms with Crippen molar-refractivity contribution in [3.05, 3.63) is 35.4 Å². The van der Waals surface area contributed by atoms with Gasteiger partial charge in [0.1, 0.15) is 0 Å². The van der Waals surface area contributed by atoms with Crippen molar-refractivity contribution in [2.75, 3.05) is 19.8 Å². The lowest BCUT2D eigenvalue weighted by atomic mass is 10.1. The van der Waals surface area contributed by atoms with E-state index in [0.717, 1.165) is 5.56 Å². The summed E-state index contributed by atoms with van der Waals surface area (Å²) < 4.78 is 25.5. The quantitative estimate of drug-likeness (QED) is 0.428. The Labute approximate surface area is 124 Å². The molecule has 0 amide bonds. The highest BCUT2D eigenvalue weighted by atomic mass is 31.2. The first-order valence-electron chi connectivity index (χ1n) is 6.86. The van der Waals surface area contributed by atoms with Gasteiger partial charge in [0.2, 0.25) is 0 Å². The first-order valence-corrected chi connectivity index (χ1v) is 8.36. The lowest BCUT2D eigenvalue weighted by molar-refractivity contribution is 0.0526. The third-order valence-corrected chi connectivity index (χ3v) is 3.71. The molecule has 6 nitrogen and oxygen atoms in total. The van der Waals surface area contributed by atoms with Crippen molar-refractivity contribution < 1.29 is 28.0 Å². The summed E-state index contributed by atoms with van der Waals surface area (Å²) >= 11 is 0. The number of carbonyl (C=O) groups is 1. The Bertz CT molecular complexity index is 485. The number of hydrogen-bond donors (Lipinski definition) is 1. The number of rotatable bonds is 9. The number of benzene rings is 1. The van der Waals surface area contributed by atoms with Crippen LogP contribution >= 0.6 is 7.82 Å². The summed E-state index contributed by atoms with van der Waals surface area (Å²) in [5, 5.41) is 0. The van der Waals surface area contributed by atoms with Crippen LogP contribution in [-0.4, -0.2) is 30.7 Å². The molecule has 1 rings (SSSR count). The van der Waals surface area contributed by atoms with E-state index in [1.807, 2.05) is 12.1 Å². The predicted molar refractivity (Wildman–Crippen MR) is 78.1 cm³/mol. The third-order valence-electron chi connectivity index (χ3n) is 2.62. The van der Waals surface area contributed by atoms with E-state index in [9.17, 15) is 14.3 Å². The molecule has 0 aliphatic heterocycles. The standard InChI is InChI=1S/C14H21O6P/c1-3-18-14(15)13-9-7-12(8-10-13)6-5-11-20-21(16,17)19-4-2/h7-10H,3-6,11H2,1-2H3,(H,16,17). The van der Waals surface area contributed by atoms with Crippen LogP contribution in [0.2, 0.25) is 0 Å². The molecular formula is C14H21O6P. The number of hydrogen-bond acceptors (Lipinski definition) is 5. The molecule has 118 valence electrons. The second kappa shape index (κ2) is 8.95. The molecular weight excluding hydrogens is 295 g/mol. The van der Waals surface area contributed by atoms with Gasteiger partial charge in [0.05, 0.1) is 25.4 Å². The highest BCUT2D eigenvalue weighted by Crippen LogP contribution is 2.42. The number of aryl methyl sites for hydroxylation is 1. The average Bonchev–Trinajstić information content (AvgIpc) is 2.44. The highest BCUT2D eigenvalue weighted by Gasteiger charge is 2.18. The maximum absolute atomic E-state index is 11.5. The Balaban J connectivity index is 2.36. The van der Waals surface area contributed by atoms with Crippen LogP contribution in [-0.2, 0) is 24.8 Å². The Morgan fingerprint density at radius 3 is 2.38 bits per heavy atom. The van der Waals surface area contributed by atoms with Crippen LogP contribution in [0.4, 0.5) is 0 Å². The van der Waals surface area contributed by atoms with E-state index in [2.05, 4.69) is 4.52 Å². The van der Waals surface area contributed by atoms with E-state index in [1.54, 1.807) is 26.0 Å². The first-order chi connectivity index (χ1) is 9.98. The molecule has 0 aliphatic carbocycles. The fourth-order valence-corrected chi connectivity index (χ4v) is 2.44. The second-order valence-corrected chi connectivity index (χ2v) is 5.69. The second-order valence-electron chi connectivity index (χ2n) is 4.24. The molecule has 0 aromatic heterocycles. The molecule has 21 heavy (non-hydrogen) atoms. The van der Waals surface area contributed by atoms with Crippen LogP contribution in [0.1, 0.15) is 36.2 Å². The molecule has 1 aromatic rings. The number of carbonyl (C=O) groups excluding carboxylic acids is 1. The van der Waals surface area contributed by atoms with E-state index in [-0.39, 0.29) is 19.2 Å². The van der Waals surface area contributed by atoms with Crippen molar-refractivity contribution in [1.82, 2.24) is 0 Å². The summed E-state index contributed by atoms with van der Waals surface area (Å²) in [5.74, 6) is -0.342. The molecule has 0 fully saturated rings. The van der Waals surface area contributed by atoms with Gasteiger partial charge >= 0.3 is 13.8 Å². The fraction of sp³-hybridized carbons (Fsp3) is 0.500.